The van der Waals surface area contributed by atoms with Gasteiger partial charge in [-0.3, -0.25) is 0 Å². The molecule has 0 spiro atoms. The quantitative estimate of drug-likeness (QED) is 0.354. The van der Waals surface area contributed by atoms with Crippen LogP contribution in [0.3, 0.4) is 0 Å². The normalized spacial score (nSPS) is 8.87. The molecule has 0 N–H and O–H groups in total. The molecule has 0 aliphatic heterocycles. The van der Waals surface area contributed by atoms with Crippen molar-refractivity contribution in [3.8, 4) is 0 Å². The van der Waals surface area contributed by atoms with Crippen LogP contribution in [-0.2, 0) is 4.57 Å². The molecular weight excluding hydrogens is 254 g/mol. The first-order valence-corrected chi connectivity index (χ1v) is 5.01. The van der Waals surface area contributed by atoms with Crippen molar-refractivity contribution in [2.45, 2.75) is 13.8 Å². The van der Waals surface area contributed by atoms with E-state index in [1.54, 1.807) is 0 Å². The summed E-state index contributed by atoms with van der Waals surface area (Å²) in [5.41, 5.74) is 2.66. The van der Waals surface area contributed by atoms with Gasteiger partial charge in [0, 0.05) is 0 Å². The SMILES string of the molecule is Cc1ccc(C)cc1.O=P([O-])([O-])[O-].[Ca+2].[Na+]. The van der Waals surface area contributed by atoms with Gasteiger partial charge in [-0.15, -0.1) is 0 Å². The van der Waals surface area contributed by atoms with Crippen LogP contribution < -0.4 is 44.2 Å². The molecule has 0 aromatic heterocycles. The number of phosphoric acid groups is 1. The van der Waals surface area contributed by atoms with Crippen molar-refractivity contribution in [1.29, 1.82) is 0 Å². The first kappa shape index (κ1) is 21.8. The van der Waals surface area contributed by atoms with Crippen molar-refractivity contribution >= 4 is 45.6 Å². The molecule has 0 aliphatic rings. The largest absolute Gasteiger partial charge is 2.00 e. The molecule has 0 unspecified atom stereocenters. The Hall–Kier alpha value is 1.59. The van der Waals surface area contributed by atoms with Crippen LogP contribution in [0.2, 0.25) is 0 Å². The molecular formula is C8H10CaNaO4P. The molecule has 0 fully saturated rings. The average Bonchev–Trinajstić information content (AvgIpc) is 1.92. The molecule has 0 amide bonds. The number of hydrogen-bond acceptors (Lipinski definition) is 4. The first-order valence-electron chi connectivity index (χ1n) is 3.55. The zero-order valence-electron chi connectivity index (χ0n) is 9.10. The summed E-state index contributed by atoms with van der Waals surface area (Å²) in [6.45, 7) is 4.19. The van der Waals surface area contributed by atoms with Crippen LogP contribution in [0, 0.1) is 13.8 Å². The van der Waals surface area contributed by atoms with Crippen LogP contribution in [0.5, 0.6) is 0 Å². The number of rotatable bonds is 0. The van der Waals surface area contributed by atoms with Crippen molar-refractivity contribution < 1.29 is 48.8 Å². The summed E-state index contributed by atoms with van der Waals surface area (Å²) in [6, 6.07) is 8.48. The van der Waals surface area contributed by atoms with Crippen LogP contribution >= 0.6 is 7.82 Å². The first-order chi connectivity index (χ1) is 5.79. The molecule has 0 saturated carbocycles. The van der Waals surface area contributed by atoms with Gasteiger partial charge in [0.05, 0.1) is 0 Å². The summed E-state index contributed by atoms with van der Waals surface area (Å²) in [6.07, 6.45) is 0. The summed E-state index contributed by atoms with van der Waals surface area (Å²) in [5, 5.41) is 0. The number of hydrogen-bond donors (Lipinski definition) is 0. The van der Waals surface area contributed by atoms with Gasteiger partial charge in [0.2, 0.25) is 0 Å². The zero-order valence-corrected chi connectivity index (χ0v) is 14.2. The average molecular weight is 264 g/mol. The molecule has 1 aromatic carbocycles. The fourth-order valence-corrected chi connectivity index (χ4v) is 0.637. The molecule has 0 radical (unpaired) electrons. The smallest absolute Gasteiger partial charge is 0.822 e. The maximum atomic E-state index is 8.55. The molecule has 0 bridgehead atoms. The van der Waals surface area contributed by atoms with Crippen LogP contribution in [-0.4, -0.2) is 37.7 Å². The molecule has 74 valence electrons. The third-order valence-corrected chi connectivity index (χ3v) is 1.22. The summed E-state index contributed by atoms with van der Waals surface area (Å²) < 4.78 is 8.55. The van der Waals surface area contributed by atoms with Crippen LogP contribution in [0.15, 0.2) is 24.3 Å². The second-order valence-corrected chi connectivity index (χ2v) is 3.50. The van der Waals surface area contributed by atoms with Crippen molar-refractivity contribution in [2.75, 3.05) is 0 Å². The minimum absolute atomic E-state index is 0. The Balaban J connectivity index is -0.000000185. The Morgan fingerprint density at radius 1 is 0.933 bits per heavy atom. The Kier molecular flexibility index (Phi) is 15.6. The van der Waals surface area contributed by atoms with Gasteiger partial charge in [0.25, 0.3) is 0 Å². The van der Waals surface area contributed by atoms with Crippen molar-refractivity contribution in [3.63, 3.8) is 0 Å². The predicted molar refractivity (Wildman–Crippen MR) is 49.3 cm³/mol. The Morgan fingerprint density at radius 2 is 1.07 bits per heavy atom. The fourth-order valence-electron chi connectivity index (χ4n) is 0.637. The van der Waals surface area contributed by atoms with Gasteiger partial charge < -0.3 is 19.2 Å². The molecule has 15 heavy (non-hydrogen) atoms. The number of aryl methyl sites for hydroxylation is 2. The van der Waals surface area contributed by atoms with Crippen LogP contribution in [0.4, 0.5) is 0 Å². The van der Waals surface area contributed by atoms with E-state index in [9.17, 15) is 0 Å². The summed E-state index contributed by atoms with van der Waals surface area (Å²) in [5.74, 6) is 0. The van der Waals surface area contributed by atoms with Gasteiger partial charge in [0.15, 0.2) is 0 Å². The molecule has 0 saturated heterocycles. The van der Waals surface area contributed by atoms with Gasteiger partial charge in [-0.1, -0.05) is 35.4 Å². The topological polar surface area (TPSA) is 86.2 Å². The van der Waals surface area contributed by atoms with E-state index < -0.39 is 7.82 Å². The van der Waals surface area contributed by atoms with E-state index in [0.29, 0.717) is 0 Å². The maximum Gasteiger partial charge on any atom is 2.00 e. The number of benzene rings is 1. The summed E-state index contributed by atoms with van der Waals surface area (Å²) >= 11 is 0. The Labute approximate surface area is 142 Å². The van der Waals surface area contributed by atoms with Gasteiger partial charge in [-0.05, 0) is 13.8 Å². The van der Waals surface area contributed by atoms with E-state index >= 15 is 0 Å². The van der Waals surface area contributed by atoms with E-state index in [-0.39, 0.29) is 67.3 Å². The third kappa shape index (κ3) is 21.4. The molecule has 4 nitrogen and oxygen atoms in total. The van der Waals surface area contributed by atoms with Gasteiger partial charge in [-0.25, -0.2) is 0 Å². The van der Waals surface area contributed by atoms with Gasteiger partial charge in [-0.2, -0.15) is 7.82 Å². The molecule has 1 rings (SSSR count). The fraction of sp³-hybridized carbons (Fsp3) is 0.250. The van der Waals surface area contributed by atoms with E-state index in [4.69, 9.17) is 19.2 Å². The molecule has 0 atom stereocenters. The Bertz CT molecular complexity index is 269. The monoisotopic (exact) mass is 264 g/mol. The zero-order chi connectivity index (χ0) is 10.5. The van der Waals surface area contributed by atoms with E-state index in [0.717, 1.165) is 0 Å². The molecule has 7 heteroatoms. The van der Waals surface area contributed by atoms with Crippen molar-refractivity contribution in [1.82, 2.24) is 0 Å². The van der Waals surface area contributed by atoms with Crippen molar-refractivity contribution in [2.24, 2.45) is 0 Å². The minimum atomic E-state index is -5.39. The predicted octanol–water partition coefficient (Wildman–Crippen LogP) is -3.90. The maximum absolute atomic E-state index is 8.55. The van der Waals surface area contributed by atoms with Gasteiger partial charge in [0.1, 0.15) is 0 Å². The standard InChI is InChI=1S/C8H10.Ca.Na.H3O4P/c1-7-3-5-8(2)6-4-7;;;1-5(2,3)4/h3-6H,1-2H3;;;(H3,1,2,3,4)/q;+2;+1;/p-3. The van der Waals surface area contributed by atoms with Gasteiger partial charge >= 0.3 is 67.3 Å². The second-order valence-electron chi connectivity index (χ2n) is 2.60. The molecule has 0 aliphatic carbocycles. The van der Waals surface area contributed by atoms with E-state index in [1.807, 2.05) is 0 Å². The van der Waals surface area contributed by atoms with E-state index in [1.165, 1.54) is 11.1 Å². The summed E-state index contributed by atoms with van der Waals surface area (Å²) in [4.78, 5) is 25.6. The summed E-state index contributed by atoms with van der Waals surface area (Å²) in [7, 11) is -5.39. The van der Waals surface area contributed by atoms with E-state index in [2.05, 4.69) is 38.1 Å². The second kappa shape index (κ2) is 10.7. The minimum Gasteiger partial charge on any atom is -0.822 e. The van der Waals surface area contributed by atoms with Crippen LogP contribution in [0.25, 0.3) is 0 Å². The van der Waals surface area contributed by atoms with Crippen molar-refractivity contribution in [3.05, 3.63) is 35.4 Å². The third-order valence-electron chi connectivity index (χ3n) is 1.22. The molecule has 0 heterocycles. The Morgan fingerprint density at radius 3 is 1.20 bits per heavy atom. The molecule has 1 aromatic rings. The van der Waals surface area contributed by atoms with Crippen LogP contribution in [0.1, 0.15) is 11.1 Å².